The van der Waals surface area contributed by atoms with Crippen LogP contribution in [0, 0.1) is 5.92 Å². The number of ether oxygens (including phenoxy) is 2. The van der Waals surface area contributed by atoms with E-state index in [0.717, 1.165) is 10.6 Å². The standard InChI is InChI=1S/C25H32ClN3O6S/c1-17(2)14-27-25(31)18(3)28(15-19-6-5-7-20(26)12-19)24(30)16-29(36(4,32)33)21-8-9-22-23(13-21)35-11-10-34-22/h5-9,12-13,17-18H,10-11,14-16H2,1-4H3,(H,27,31)/t18-/m1/s1. The van der Waals surface area contributed by atoms with Gasteiger partial charge in [0, 0.05) is 24.2 Å². The molecule has 1 aliphatic rings. The SMILES string of the molecule is CC(C)CNC(=O)[C@@H](C)N(Cc1cccc(Cl)c1)C(=O)CN(c1ccc2c(c1)OCCO2)S(C)(=O)=O. The lowest BCUT2D eigenvalue weighted by Crippen LogP contribution is -2.51. The molecule has 11 heteroatoms. The Morgan fingerprint density at radius 3 is 2.39 bits per heavy atom. The van der Waals surface area contributed by atoms with Gasteiger partial charge in [0.25, 0.3) is 0 Å². The monoisotopic (exact) mass is 537 g/mol. The fourth-order valence-corrected chi connectivity index (χ4v) is 4.72. The summed E-state index contributed by atoms with van der Waals surface area (Å²) in [5.74, 6) is 0.265. The van der Waals surface area contributed by atoms with Crippen LogP contribution in [-0.2, 0) is 26.2 Å². The molecule has 0 aromatic heterocycles. The molecule has 3 rings (SSSR count). The molecule has 36 heavy (non-hydrogen) atoms. The van der Waals surface area contributed by atoms with Crippen molar-refractivity contribution >= 4 is 39.1 Å². The van der Waals surface area contributed by atoms with Crippen LogP contribution in [0.15, 0.2) is 42.5 Å². The molecule has 1 aliphatic heterocycles. The average molecular weight is 538 g/mol. The molecular formula is C25H32ClN3O6S. The third kappa shape index (κ3) is 7.27. The first kappa shape index (κ1) is 27.6. The zero-order valence-electron chi connectivity index (χ0n) is 20.9. The number of sulfonamides is 1. The maximum Gasteiger partial charge on any atom is 0.244 e. The summed E-state index contributed by atoms with van der Waals surface area (Å²) in [4.78, 5) is 27.8. The van der Waals surface area contributed by atoms with Crippen molar-refractivity contribution in [1.29, 1.82) is 0 Å². The van der Waals surface area contributed by atoms with Gasteiger partial charge in [-0.1, -0.05) is 37.6 Å². The van der Waals surface area contributed by atoms with Gasteiger partial charge >= 0.3 is 0 Å². The summed E-state index contributed by atoms with van der Waals surface area (Å²) in [6.45, 7) is 6.33. The normalized spacial score (nSPS) is 13.7. The van der Waals surface area contributed by atoms with Crippen molar-refractivity contribution in [2.24, 2.45) is 5.92 Å². The van der Waals surface area contributed by atoms with E-state index in [0.29, 0.717) is 41.8 Å². The first-order chi connectivity index (χ1) is 17.0. The molecule has 196 valence electrons. The van der Waals surface area contributed by atoms with Crippen LogP contribution in [0.3, 0.4) is 0 Å². The number of halogens is 1. The van der Waals surface area contributed by atoms with Crippen molar-refractivity contribution in [3.63, 3.8) is 0 Å². The van der Waals surface area contributed by atoms with Crippen LogP contribution in [0.25, 0.3) is 0 Å². The van der Waals surface area contributed by atoms with Crippen LogP contribution in [0.2, 0.25) is 5.02 Å². The third-order valence-corrected chi connectivity index (χ3v) is 6.96. The van der Waals surface area contributed by atoms with Crippen molar-refractivity contribution in [3.8, 4) is 11.5 Å². The van der Waals surface area contributed by atoms with Crippen LogP contribution in [0.5, 0.6) is 11.5 Å². The van der Waals surface area contributed by atoms with Gasteiger partial charge in [0.1, 0.15) is 25.8 Å². The maximum atomic E-state index is 13.6. The third-order valence-electron chi connectivity index (χ3n) is 5.59. The zero-order valence-corrected chi connectivity index (χ0v) is 22.4. The van der Waals surface area contributed by atoms with Crippen LogP contribution in [0.4, 0.5) is 5.69 Å². The first-order valence-electron chi connectivity index (χ1n) is 11.6. The maximum absolute atomic E-state index is 13.6. The van der Waals surface area contributed by atoms with E-state index in [9.17, 15) is 18.0 Å². The molecule has 0 aliphatic carbocycles. The number of carbonyl (C=O) groups excluding carboxylic acids is 2. The fourth-order valence-electron chi connectivity index (χ4n) is 3.67. The van der Waals surface area contributed by atoms with Gasteiger partial charge in [-0.3, -0.25) is 13.9 Å². The van der Waals surface area contributed by atoms with E-state index in [1.807, 2.05) is 13.8 Å². The van der Waals surface area contributed by atoms with Gasteiger partial charge in [0.2, 0.25) is 21.8 Å². The molecule has 0 radical (unpaired) electrons. The molecule has 0 fully saturated rings. The highest BCUT2D eigenvalue weighted by Crippen LogP contribution is 2.34. The highest BCUT2D eigenvalue weighted by Gasteiger charge is 2.30. The Morgan fingerprint density at radius 2 is 1.75 bits per heavy atom. The van der Waals surface area contributed by atoms with E-state index in [1.165, 1.54) is 11.0 Å². The van der Waals surface area contributed by atoms with Crippen molar-refractivity contribution in [1.82, 2.24) is 10.2 Å². The molecule has 1 N–H and O–H groups in total. The second kappa shape index (κ2) is 11.8. The molecule has 0 saturated carbocycles. The van der Waals surface area contributed by atoms with Gasteiger partial charge in [-0.2, -0.15) is 0 Å². The molecule has 9 nitrogen and oxygen atoms in total. The van der Waals surface area contributed by atoms with Gasteiger partial charge in [-0.05, 0) is 42.7 Å². The lowest BCUT2D eigenvalue weighted by Gasteiger charge is -2.32. The summed E-state index contributed by atoms with van der Waals surface area (Å²) in [6, 6.07) is 10.8. The molecule has 2 amide bonds. The van der Waals surface area contributed by atoms with Crippen molar-refractivity contribution < 1.29 is 27.5 Å². The molecule has 0 spiro atoms. The smallest absolute Gasteiger partial charge is 0.244 e. The molecule has 2 aromatic carbocycles. The van der Waals surface area contributed by atoms with Gasteiger partial charge in [-0.25, -0.2) is 8.42 Å². The van der Waals surface area contributed by atoms with E-state index >= 15 is 0 Å². The second-order valence-electron chi connectivity index (χ2n) is 9.06. The number of rotatable bonds is 10. The Bertz CT molecular complexity index is 1200. The summed E-state index contributed by atoms with van der Waals surface area (Å²) in [5.41, 5.74) is 0.972. The fraction of sp³-hybridized carbons (Fsp3) is 0.440. The Balaban J connectivity index is 1.90. The molecule has 1 heterocycles. The Hall–Kier alpha value is -2.98. The lowest BCUT2D eigenvalue weighted by atomic mass is 10.1. The van der Waals surface area contributed by atoms with Gasteiger partial charge in [0.05, 0.1) is 11.9 Å². The summed E-state index contributed by atoms with van der Waals surface area (Å²) in [7, 11) is -3.85. The number of hydrogen-bond donors (Lipinski definition) is 1. The highest BCUT2D eigenvalue weighted by molar-refractivity contribution is 7.92. The minimum absolute atomic E-state index is 0.0778. The number of hydrogen-bond acceptors (Lipinski definition) is 6. The Kier molecular flexibility index (Phi) is 9.08. The van der Waals surface area contributed by atoms with Crippen molar-refractivity contribution in [2.75, 3.05) is 36.9 Å². The van der Waals surface area contributed by atoms with E-state index in [-0.39, 0.29) is 24.1 Å². The van der Waals surface area contributed by atoms with E-state index < -0.39 is 28.5 Å². The summed E-state index contributed by atoms with van der Waals surface area (Å²) < 4.78 is 37.5. The largest absolute Gasteiger partial charge is 0.486 e. The first-order valence-corrected chi connectivity index (χ1v) is 13.9. The molecule has 0 bridgehead atoms. The number of benzene rings is 2. The molecule has 1 atom stereocenters. The van der Waals surface area contributed by atoms with E-state index in [2.05, 4.69) is 5.32 Å². The molecule has 0 unspecified atom stereocenters. The summed E-state index contributed by atoms with van der Waals surface area (Å²) >= 11 is 6.12. The van der Waals surface area contributed by atoms with E-state index in [1.54, 1.807) is 43.3 Å². The van der Waals surface area contributed by atoms with E-state index in [4.69, 9.17) is 21.1 Å². The van der Waals surface area contributed by atoms with Gasteiger partial charge in [0.15, 0.2) is 11.5 Å². The number of amides is 2. The van der Waals surface area contributed by atoms with Gasteiger partial charge < -0.3 is 19.7 Å². The molecule has 2 aromatic rings. The van der Waals surface area contributed by atoms with Crippen molar-refractivity contribution in [3.05, 3.63) is 53.1 Å². The minimum Gasteiger partial charge on any atom is -0.486 e. The van der Waals surface area contributed by atoms with Crippen molar-refractivity contribution in [2.45, 2.75) is 33.4 Å². The van der Waals surface area contributed by atoms with Crippen LogP contribution in [0.1, 0.15) is 26.3 Å². The van der Waals surface area contributed by atoms with Gasteiger partial charge in [-0.15, -0.1) is 0 Å². The predicted octanol–water partition coefficient (Wildman–Crippen LogP) is 3.07. The Labute approximate surface area is 217 Å². The number of anilines is 1. The predicted molar refractivity (Wildman–Crippen MR) is 139 cm³/mol. The topological polar surface area (TPSA) is 105 Å². The summed E-state index contributed by atoms with van der Waals surface area (Å²) in [5, 5.41) is 3.33. The van der Waals surface area contributed by atoms with Crippen LogP contribution >= 0.6 is 11.6 Å². The van der Waals surface area contributed by atoms with Crippen LogP contribution < -0.4 is 19.1 Å². The number of nitrogens with one attached hydrogen (secondary N) is 1. The highest BCUT2D eigenvalue weighted by atomic mass is 35.5. The minimum atomic E-state index is -3.85. The zero-order chi connectivity index (χ0) is 26.5. The Morgan fingerprint density at radius 1 is 1.06 bits per heavy atom. The average Bonchev–Trinajstić information content (AvgIpc) is 2.82. The second-order valence-corrected chi connectivity index (χ2v) is 11.4. The number of fused-ring (bicyclic) bond motifs is 1. The molecule has 0 saturated heterocycles. The summed E-state index contributed by atoms with van der Waals surface area (Å²) in [6.07, 6.45) is 1.02. The number of carbonyl (C=O) groups is 2. The van der Waals surface area contributed by atoms with Crippen LogP contribution in [-0.4, -0.2) is 63.7 Å². The quantitative estimate of drug-likeness (QED) is 0.499. The molecular weight excluding hydrogens is 506 g/mol. The lowest BCUT2D eigenvalue weighted by molar-refractivity contribution is -0.139. The number of nitrogens with zero attached hydrogens (tertiary/aromatic N) is 2.